The third-order valence-electron chi connectivity index (χ3n) is 4.11. The average molecular weight is 446 g/mol. The highest BCUT2D eigenvalue weighted by atomic mass is 127. The zero-order chi connectivity index (χ0) is 15.9. The van der Waals surface area contributed by atoms with Crippen LogP contribution in [0.3, 0.4) is 0 Å². The summed E-state index contributed by atoms with van der Waals surface area (Å²) in [5, 5.41) is 1.08. The maximum absolute atomic E-state index is 12.7. The molecule has 2 aromatic carbocycles. The van der Waals surface area contributed by atoms with Crippen molar-refractivity contribution in [3.8, 4) is 0 Å². The van der Waals surface area contributed by atoms with Crippen LogP contribution in [-0.4, -0.2) is 10.8 Å². The minimum atomic E-state index is 0.0505. The van der Waals surface area contributed by atoms with E-state index in [0.717, 1.165) is 0 Å². The summed E-state index contributed by atoms with van der Waals surface area (Å²) < 4.78 is 1.20. The predicted molar refractivity (Wildman–Crippen MR) is 98.3 cm³/mol. The number of hydrogen-bond donors (Lipinski definition) is 0. The molecule has 1 aliphatic heterocycles. The van der Waals surface area contributed by atoms with Gasteiger partial charge in [-0.15, -0.1) is 0 Å². The normalized spacial score (nSPS) is 16.7. The van der Waals surface area contributed by atoms with Gasteiger partial charge in [0, 0.05) is 20.2 Å². The number of carbonyl (C=O) groups is 1. The second kappa shape index (κ2) is 6.38. The van der Waals surface area contributed by atoms with Gasteiger partial charge in [-0.2, -0.15) is 0 Å². The van der Waals surface area contributed by atoms with Crippen molar-refractivity contribution in [3.05, 3.63) is 66.7 Å². The Bertz CT molecular complexity index is 727. The molecule has 0 bridgehead atoms. The Morgan fingerprint density at radius 2 is 1.86 bits per heavy atom. The first-order valence-corrected chi connectivity index (χ1v) is 8.82. The van der Waals surface area contributed by atoms with E-state index < -0.39 is 0 Å². The summed E-state index contributed by atoms with van der Waals surface area (Å²) in [5.74, 6) is 0.0505. The standard InChI is InChI=1S/C17H14Cl2INO/c1-10-11-4-2-7-16(20)13(11)9-21(10)17(22)8-12-14(18)5-3-6-15(12)19/h2-7,10H,8-9H2,1H3. The van der Waals surface area contributed by atoms with Crippen LogP contribution in [0.2, 0.25) is 10.0 Å². The molecule has 2 aromatic rings. The third kappa shape index (κ3) is 2.86. The van der Waals surface area contributed by atoms with Crippen LogP contribution < -0.4 is 0 Å². The van der Waals surface area contributed by atoms with E-state index in [1.54, 1.807) is 18.2 Å². The minimum absolute atomic E-state index is 0.0505. The van der Waals surface area contributed by atoms with E-state index in [2.05, 4.69) is 41.6 Å². The van der Waals surface area contributed by atoms with Gasteiger partial charge in [0.15, 0.2) is 0 Å². The molecule has 114 valence electrons. The maximum Gasteiger partial charge on any atom is 0.227 e. The third-order valence-corrected chi connectivity index (χ3v) is 5.83. The van der Waals surface area contributed by atoms with Crippen LogP contribution in [0.15, 0.2) is 36.4 Å². The van der Waals surface area contributed by atoms with E-state index in [0.29, 0.717) is 22.2 Å². The molecule has 3 rings (SSSR count). The van der Waals surface area contributed by atoms with E-state index >= 15 is 0 Å². The largest absolute Gasteiger partial charge is 0.331 e. The van der Waals surface area contributed by atoms with Gasteiger partial charge in [-0.25, -0.2) is 0 Å². The summed E-state index contributed by atoms with van der Waals surface area (Å²) >= 11 is 14.7. The molecule has 1 atom stereocenters. The molecule has 1 heterocycles. The van der Waals surface area contributed by atoms with E-state index in [1.807, 2.05) is 11.0 Å². The van der Waals surface area contributed by atoms with Crippen molar-refractivity contribution < 1.29 is 4.79 Å². The van der Waals surface area contributed by atoms with Gasteiger partial charge in [-0.05, 0) is 64.4 Å². The van der Waals surface area contributed by atoms with Gasteiger partial charge in [0.2, 0.25) is 5.91 Å². The molecule has 0 saturated heterocycles. The summed E-state index contributed by atoms with van der Waals surface area (Å²) in [6.07, 6.45) is 0.230. The van der Waals surface area contributed by atoms with Gasteiger partial charge in [0.1, 0.15) is 0 Å². The highest BCUT2D eigenvalue weighted by Crippen LogP contribution is 2.36. The van der Waals surface area contributed by atoms with Crippen molar-refractivity contribution in [1.82, 2.24) is 4.90 Å². The lowest BCUT2D eigenvalue weighted by Gasteiger charge is -2.22. The highest BCUT2D eigenvalue weighted by molar-refractivity contribution is 14.1. The van der Waals surface area contributed by atoms with Crippen molar-refractivity contribution in [3.63, 3.8) is 0 Å². The zero-order valence-corrected chi connectivity index (χ0v) is 15.6. The lowest BCUT2D eigenvalue weighted by atomic mass is 10.1. The monoisotopic (exact) mass is 445 g/mol. The molecule has 5 heteroatoms. The Morgan fingerprint density at radius 1 is 1.23 bits per heavy atom. The number of carbonyl (C=O) groups excluding carboxylic acids is 1. The Hall–Kier alpha value is -0.780. The van der Waals surface area contributed by atoms with Crippen LogP contribution in [0.25, 0.3) is 0 Å². The Morgan fingerprint density at radius 3 is 2.50 bits per heavy atom. The first-order chi connectivity index (χ1) is 10.5. The summed E-state index contributed by atoms with van der Waals surface area (Å²) in [7, 11) is 0. The first kappa shape index (κ1) is 16.1. The molecule has 0 radical (unpaired) electrons. The molecule has 0 spiro atoms. The molecule has 22 heavy (non-hydrogen) atoms. The van der Waals surface area contributed by atoms with E-state index in [-0.39, 0.29) is 18.4 Å². The van der Waals surface area contributed by atoms with Crippen molar-refractivity contribution in [2.75, 3.05) is 0 Å². The molecule has 1 amide bonds. The molecule has 1 aliphatic rings. The number of hydrogen-bond acceptors (Lipinski definition) is 1. The maximum atomic E-state index is 12.7. The fourth-order valence-electron chi connectivity index (χ4n) is 2.87. The van der Waals surface area contributed by atoms with Crippen LogP contribution in [0, 0.1) is 3.57 Å². The number of benzene rings is 2. The van der Waals surface area contributed by atoms with Crippen molar-refractivity contribution in [2.45, 2.75) is 25.9 Å². The fourth-order valence-corrected chi connectivity index (χ4v) is 4.09. The zero-order valence-electron chi connectivity index (χ0n) is 11.9. The van der Waals surface area contributed by atoms with Gasteiger partial charge >= 0.3 is 0 Å². The van der Waals surface area contributed by atoms with Crippen molar-refractivity contribution in [2.24, 2.45) is 0 Å². The molecule has 1 unspecified atom stereocenters. The van der Waals surface area contributed by atoms with Gasteiger partial charge in [0.25, 0.3) is 0 Å². The molecule has 0 aromatic heterocycles. The fraction of sp³-hybridized carbons (Fsp3) is 0.235. The topological polar surface area (TPSA) is 20.3 Å². The second-order valence-corrected chi connectivity index (χ2v) is 7.36. The molecule has 0 fully saturated rings. The van der Waals surface area contributed by atoms with Gasteiger partial charge in [-0.3, -0.25) is 4.79 Å². The van der Waals surface area contributed by atoms with Crippen LogP contribution in [0.4, 0.5) is 0 Å². The van der Waals surface area contributed by atoms with Gasteiger partial charge in [-0.1, -0.05) is 41.4 Å². The summed E-state index contributed by atoms with van der Waals surface area (Å²) in [6.45, 7) is 2.71. The number of amides is 1. The van der Waals surface area contributed by atoms with E-state index in [9.17, 15) is 4.79 Å². The quantitative estimate of drug-likeness (QED) is 0.578. The van der Waals surface area contributed by atoms with E-state index in [1.165, 1.54) is 14.7 Å². The highest BCUT2D eigenvalue weighted by Gasteiger charge is 2.31. The molecule has 0 N–H and O–H groups in total. The smallest absolute Gasteiger partial charge is 0.227 e. The first-order valence-electron chi connectivity index (χ1n) is 6.98. The number of nitrogens with zero attached hydrogens (tertiary/aromatic N) is 1. The van der Waals surface area contributed by atoms with Crippen LogP contribution in [-0.2, 0) is 17.8 Å². The summed E-state index contributed by atoms with van der Waals surface area (Å²) in [4.78, 5) is 14.6. The Kier molecular flexibility index (Phi) is 4.67. The molecule has 0 saturated carbocycles. The Labute approximate surface area is 153 Å². The number of rotatable bonds is 2. The average Bonchev–Trinajstić information content (AvgIpc) is 2.82. The summed E-state index contributed by atoms with van der Waals surface area (Å²) in [6, 6.07) is 11.6. The molecular formula is C17H14Cl2INO. The second-order valence-electron chi connectivity index (χ2n) is 5.38. The van der Waals surface area contributed by atoms with Gasteiger partial charge in [0.05, 0.1) is 12.5 Å². The number of halogens is 3. The SMILES string of the molecule is CC1c2cccc(I)c2CN1C(=O)Cc1c(Cl)cccc1Cl. The van der Waals surface area contributed by atoms with E-state index in [4.69, 9.17) is 23.2 Å². The lowest BCUT2D eigenvalue weighted by molar-refractivity contribution is -0.132. The Balaban J connectivity index is 1.85. The molecule has 2 nitrogen and oxygen atoms in total. The van der Waals surface area contributed by atoms with Crippen LogP contribution in [0.1, 0.15) is 29.7 Å². The molecular weight excluding hydrogens is 432 g/mol. The van der Waals surface area contributed by atoms with Crippen molar-refractivity contribution >= 4 is 51.7 Å². The summed E-state index contributed by atoms with van der Waals surface area (Å²) in [5.41, 5.74) is 3.17. The predicted octanol–water partition coefficient (Wildman–Crippen LogP) is 5.24. The van der Waals surface area contributed by atoms with Crippen LogP contribution >= 0.6 is 45.8 Å². The van der Waals surface area contributed by atoms with Crippen LogP contribution in [0.5, 0.6) is 0 Å². The van der Waals surface area contributed by atoms with Crippen molar-refractivity contribution in [1.29, 1.82) is 0 Å². The van der Waals surface area contributed by atoms with Gasteiger partial charge < -0.3 is 4.90 Å². The molecule has 0 aliphatic carbocycles. The number of fused-ring (bicyclic) bond motifs is 1. The lowest BCUT2D eigenvalue weighted by Crippen LogP contribution is -2.29. The minimum Gasteiger partial charge on any atom is -0.331 e.